The van der Waals surface area contributed by atoms with Gasteiger partial charge in [0, 0.05) is 0 Å². The molecular weight excluding hydrogens is 174 g/mol. The van der Waals surface area contributed by atoms with Crippen LogP contribution in [0.3, 0.4) is 0 Å². The van der Waals surface area contributed by atoms with Crippen molar-refractivity contribution in [2.45, 2.75) is 6.92 Å². The normalized spacial score (nSPS) is 10.8. The third-order valence-corrected chi connectivity index (χ3v) is 1.70. The molecule has 0 aliphatic rings. The lowest BCUT2D eigenvalue weighted by Crippen LogP contribution is -2.34. The molecule has 0 radical (unpaired) electrons. The average Bonchev–Trinajstić information content (AvgIpc) is 2.51. The summed E-state index contributed by atoms with van der Waals surface area (Å²) in [6.07, 6.45) is 1.45. The van der Waals surface area contributed by atoms with Gasteiger partial charge in [-0.05, 0) is 6.92 Å². The quantitative estimate of drug-likeness (QED) is 0.560. The zero-order chi connectivity index (χ0) is 9.59. The van der Waals surface area contributed by atoms with Gasteiger partial charge in [-0.25, -0.2) is 4.68 Å². The van der Waals surface area contributed by atoms with Crippen molar-refractivity contribution in [1.82, 2.24) is 15.0 Å². The summed E-state index contributed by atoms with van der Waals surface area (Å²) in [5, 5.41) is 16.2. The molecule has 0 aliphatic carbocycles. The lowest BCUT2D eigenvalue weighted by atomic mass is 10.2. The van der Waals surface area contributed by atoms with Gasteiger partial charge < -0.3 is 5.11 Å². The third kappa shape index (κ3) is 0.883. The van der Waals surface area contributed by atoms with E-state index in [0.29, 0.717) is 5.69 Å². The second kappa shape index (κ2) is 2.25. The fourth-order valence-electron chi connectivity index (χ4n) is 1.04. The number of hydrogen-bond donors (Lipinski definition) is 1. The first-order chi connectivity index (χ1) is 6.11. The van der Waals surface area contributed by atoms with Crippen molar-refractivity contribution in [2.24, 2.45) is 0 Å². The van der Waals surface area contributed by atoms with Crippen molar-refractivity contribution >= 4 is 0 Å². The molecule has 2 aromatic rings. The van der Waals surface area contributed by atoms with Crippen molar-refractivity contribution in [3.8, 4) is 11.4 Å². The summed E-state index contributed by atoms with van der Waals surface area (Å²) in [4.78, 5) is 21.6. The molecule has 0 atom stereocenters. The second-order valence-electron chi connectivity index (χ2n) is 2.66. The highest BCUT2D eigenvalue weighted by Crippen LogP contribution is 2.12. The standard InChI is InChI=1S/C7H5N3O3/c1-3-2-10(9-8-3)4-5(11)7(13)6(4)12/h2,11H,1H3. The van der Waals surface area contributed by atoms with Gasteiger partial charge in [0.25, 0.3) is 10.9 Å². The van der Waals surface area contributed by atoms with Crippen LogP contribution in [0.25, 0.3) is 5.69 Å². The predicted molar refractivity (Wildman–Crippen MR) is 42.7 cm³/mol. The lowest BCUT2D eigenvalue weighted by Gasteiger charge is -2.02. The van der Waals surface area contributed by atoms with Crippen molar-refractivity contribution < 1.29 is 5.11 Å². The van der Waals surface area contributed by atoms with Crippen molar-refractivity contribution in [3.05, 3.63) is 32.3 Å². The van der Waals surface area contributed by atoms with Gasteiger partial charge in [0.05, 0.1) is 11.9 Å². The lowest BCUT2D eigenvalue weighted by molar-refractivity contribution is 0.456. The van der Waals surface area contributed by atoms with Gasteiger partial charge >= 0.3 is 0 Å². The maximum atomic E-state index is 10.9. The molecule has 0 saturated carbocycles. The number of aromatic nitrogens is 3. The SMILES string of the molecule is Cc1cn(-c2c(O)c(=O)c2=O)nn1. The zero-order valence-electron chi connectivity index (χ0n) is 6.68. The first-order valence-electron chi connectivity index (χ1n) is 3.53. The van der Waals surface area contributed by atoms with Crippen LogP contribution in [0.2, 0.25) is 0 Å². The number of rotatable bonds is 1. The Kier molecular flexibility index (Phi) is 1.33. The van der Waals surface area contributed by atoms with E-state index < -0.39 is 16.6 Å². The van der Waals surface area contributed by atoms with Crippen LogP contribution in [0.1, 0.15) is 5.69 Å². The Labute approximate surface area is 71.7 Å². The molecule has 2 rings (SSSR count). The smallest absolute Gasteiger partial charge is 0.271 e. The minimum Gasteiger partial charge on any atom is -0.502 e. The summed E-state index contributed by atoms with van der Waals surface area (Å²) >= 11 is 0. The Morgan fingerprint density at radius 1 is 1.38 bits per heavy atom. The van der Waals surface area contributed by atoms with Gasteiger partial charge in [-0.1, -0.05) is 5.21 Å². The Morgan fingerprint density at radius 2 is 2.08 bits per heavy atom. The molecule has 0 spiro atoms. The van der Waals surface area contributed by atoms with Crippen LogP contribution in [-0.4, -0.2) is 20.1 Å². The van der Waals surface area contributed by atoms with E-state index in [0.717, 1.165) is 4.68 Å². The number of nitrogens with zero attached hydrogens (tertiary/aromatic N) is 3. The Balaban J connectivity index is 2.62. The monoisotopic (exact) mass is 179 g/mol. The molecule has 0 unspecified atom stereocenters. The molecular formula is C7H5N3O3. The van der Waals surface area contributed by atoms with Gasteiger partial charge in [-0.2, -0.15) is 0 Å². The highest BCUT2D eigenvalue weighted by atomic mass is 16.3. The van der Waals surface area contributed by atoms with E-state index in [-0.39, 0.29) is 5.69 Å². The molecule has 0 amide bonds. The Bertz CT molecular complexity index is 533. The van der Waals surface area contributed by atoms with E-state index in [4.69, 9.17) is 5.11 Å². The molecule has 1 heterocycles. The van der Waals surface area contributed by atoms with Crippen LogP contribution >= 0.6 is 0 Å². The van der Waals surface area contributed by atoms with Gasteiger partial charge in [0.2, 0.25) is 0 Å². The van der Waals surface area contributed by atoms with Crippen LogP contribution < -0.4 is 10.9 Å². The van der Waals surface area contributed by atoms with Gasteiger partial charge in [0.15, 0.2) is 11.4 Å². The molecule has 1 aromatic heterocycles. The molecule has 6 nitrogen and oxygen atoms in total. The first-order valence-corrected chi connectivity index (χ1v) is 3.53. The van der Waals surface area contributed by atoms with Crippen molar-refractivity contribution in [2.75, 3.05) is 0 Å². The molecule has 6 heteroatoms. The van der Waals surface area contributed by atoms with Gasteiger partial charge in [-0.3, -0.25) is 9.59 Å². The van der Waals surface area contributed by atoms with E-state index in [1.807, 2.05) is 0 Å². The fourth-order valence-corrected chi connectivity index (χ4v) is 1.04. The van der Waals surface area contributed by atoms with E-state index >= 15 is 0 Å². The van der Waals surface area contributed by atoms with Crippen LogP contribution in [0.5, 0.6) is 5.75 Å². The average molecular weight is 179 g/mol. The molecule has 1 N–H and O–H groups in total. The van der Waals surface area contributed by atoms with Gasteiger partial charge in [0.1, 0.15) is 0 Å². The minimum atomic E-state index is -0.872. The highest BCUT2D eigenvalue weighted by molar-refractivity contribution is 5.50. The number of hydrogen-bond acceptors (Lipinski definition) is 5. The maximum absolute atomic E-state index is 10.9. The molecule has 1 aromatic carbocycles. The van der Waals surface area contributed by atoms with E-state index in [1.54, 1.807) is 6.92 Å². The zero-order valence-corrected chi connectivity index (χ0v) is 6.68. The van der Waals surface area contributed by atoms with Gasteiger partial charge in [-0.15, -0.1) is 5.10 Å². The largest absolute Gasteiger partial charge is 0.502 e. The molecule has 0 bridgehead atoms. The van der Waals surface area contributed by atoms with Crippen LogP contribution in [0.4, 0.5) is 0 Å². The van der Waals surface area contributed by atoms with E-state index in [1.165, 1.54) is 6.20 Å². The molecule has 13 heavy (non-hydrogen) atoms. The Morgan fingerprint density at radius 3 is 2.54 bits per heavy atom. The van der Waals surface area contributed by atoms with Crippen LogP contribution in [0.15, 0.2) is 15.8 Å². The summed E-state index contributed by atoms with van der Waals surface area (Å²) in [5.41, 5.74) is -1.11. The van der Waals surface area contributed by atoms with Crippen molar-refractivity contribution in [1.29, 1.82) is 0 Å². The first kappa shape index (κ1) is 7.66. The summed E-state index contributed by atoms with van der Waals surface area (Å²) in [5.74, 6) is -0.546. The molecule has 0 fully saturated rings. The number of aromatic hydroxyl groups is 1. The summed E-state index contributed by atoms with van der Waals surface area (Å²) in [6, 6.07) is 0. The van der Waals surface area contributed by atoms with Crippen LogP contribution in [0, 0.1) is 6.92 Å². The maximum Gasteiger partial charge on any atom is 0.271 e. The molecule has 0 saturated heterocycles. The minimum absolute atomic E-state index is 0.106. The second-order valence-corrected chi connectivity index (χ2v) is 2.66. The van der Waals surface area contributed by atoms with E-state index in [2.05, 4.69) is 10.3 Å². The Hall–Kier alpha value is -1.98. The topological polar surface area (TPSA) is 85.1 Å². The van der Waals surface area contributed by atoms with E-state index in [9.17, 15) is 9.59 Å². The fraction of sp³-hybridized carbons (Fsp3) is 0.143. The predicted octanol–water partition coefficient (Wildman–Crippen LogP) is -1.12. The number of aryl methyl sites for hydroxylation is 1. The van der Waals surface area contributed by atoms with Crippen LogP contribution in [-0.2, 0) is 0 Å². The summed E-state index contributed by atoms with van der Waals surface area (Å²) in [6.45, 7) is 1.69. The molecule has 0 aliphatic heterocycles. The molecule has 66 valence electrons. The third-order valence-electron chi connectivity index (χ3n) is 1.70. The highest BCUT2D eigenvalue weighted by Gasteiger charge is 2.22. The van der Waals surface area contributed by atoms with Crippen molar-refractivity contribution in [3.63, 3.8) is 0 Å². The summed E-state index contributed by atoms with van der Waals surface area (Å²) in [7, 11) is 0. The summed E-state index contributed by atoms with van der Waals surface area (Å²) < 4.78 is 1.09.